The van der Waals surface area contributed by atoms with Gasteiger partial charge in [0.2, 0.25) is 5.78 Å². The number of hydrogen-bond acceptors (Lipinski definition) is 5. The first-order valence-electron chi connectivity index (χ1n) is 9.57. The van der Waals surface area contributed by atoms with Gasteiger partial charge in [-0.1, -0.05) is 0 Å². The van der Waals surface area contributed by atoms with E-state index in [0.29, 0.717) is 30.0 Å². The number of aryl methyl sites for hydroxylation is 1. The van der Waals surface area contributed by atoms with E-state index in [1.165, 1.54) is 4.90 Å². The van der Waals surface area contributed by atoms with Crippen molar-refractivity contribution >= 4 is 17.5 Å². The van der Waals surface area contributed by atoms with Crippen LogP contribution < -0.4 is 9.64 Å². The number of nitrogens with zero attached hydrogens (tertiary/aromatic N) is 2. The van der Waals surface area contributed by atoms with Gasteiger partial charge in [0.15, 0.2) is 5.78 Å². The number of ether oxygens (including phenoxy) is 1. The maximum atomic E-state index is 13.4. The van der Waals surface area contributed by atoms with E-state index in [1.54, 1.807) is 56.8 Å². The van der Waals surface area contributed by atoms with Crippen LogP contribution in [0.3, 0.4) is 0 Å². The Morgan fingerprint density at radius 2 is 1.86 bits per heavy atom. The van der Waals surface area contributed by atoms with Crippen molar-refractivity contribution in [3.63, 3.8) is 0 Å². The fraction of sp³-hybridized carbons (Fsp3) is 0.364. The summed E-state index contributed by atoms with van der Waals surface area (Å²) in [6.07, 6.45) is 3.22. The van der Waals surface area contributed by atoms with Crippen LogP contribution in [0, 0.1) is 12.8 Å². The number of rotatable bonds is 7. The minimum Gasteiger partial charge on any atom is -0.497 e. The Bertz CT molecular complexity index is 927. The van der Waals surface area contributed by atoms with Gasteiger partial charge >= 0.3 is 0 Å². The first-order valence-corrected chi connectivity index (χ1v) is 9.57. The van der Waals surface area contributed by atoms with Crippen molar-refractivity contribution in [2.75, 3.05) is 34.3 Å². The maximum absolute atomic E-state index is 13.4. The summed E-state index contributed by atoms with van der Waals surface area (Å²) >= 11 is 0. The molecule has 2 aromatic rings. The molecule has 29 heavy (non-hydrogen) atoms. The second kappa shape index (κ2) is 8.53. The van der Waals surface area contributed by atoms with E-state index in [4.69, 9.17) is 4.74 Å². The summed E-state index contributed by atoms with van der Waals surface area (Å²) in [4.78, 5) is 45.9. The van der Waals surface area contributed by atoms with E-state index in [-0.39, 0.29) is 5.78 Å². The van der Waals surface area contributed by atoms with Gasteiger partial charge in [0.1, 0.15) is 11.7 Å². The molecule has 1 amide bonds. The number of aromatic nitrogens is 1. The highest BCUT2D eigenvalue weighted by atomic mass is 16.5. The Morgan fingerprint density at radius 1 is 1.17 bits per heavy atom. The van der Waals surface area contributed by atoms with Crippen LogP contribution in [0.2, 0.25) is 0 Å². The molecule has 7 nitrogen and oxygen atoms in total. The van der Waals surface area contributed by atoms with Crippen LogP contribution in [0.4, 0.5) is 0 Å². The number of pyridine rings is 1. The number of carbonyl (C=O) groups excluding carboxylic acids is 3. The van der Waals surface area contributed by atoms with Gasteiger partial charge < -0.3 is 14.5 Å². The molecule has 0 radical (unpaired) electrons. The molecule has 1 aliphatic rings. The lowest BCUT2D eigenvalue weighted by molar-refractivity contribution is -0.857. The summed E-state index contributed by atoms with van der Waals surface area (Å²) in [5, 5.41) is 0. The lowest BCUT2D eigenvalue weighted by Gasteiger charge is -2.27. The van der Waals surface area contributed by atoms with Crippen molar-refractivity contribution in [3.05, 3.63) is 59.4 Å². The molecule has 1 aromatic carbocycles. The van der Waals surface area contributed by atoms with Crippen molar-refractivity contribution < 1.29 is 24.0 Å². The molecule has 1 saturated heterocycles. The molecule has 1 aromatic heterocycles. The number of amides is 1. The lowest BCUT2D eigenvalue weighted by atomic mass is 9.85. The number of Topliss-reactive ketones (excluding diaryl/α,β-unsaturated/α-hetero) is 2. The second-order valence-corrected chi connectivity index (χ2v) is 7.57. The lowest BCUT2D eigenvalue weighted by Crippen LogP contribution is -3.06. The summed E-state index contributed by atoms with van der Waals surface area (Å²) < 4.78 is 5.21. The summed E-state index contributed by atoms with van der Waals surface area (Å²) in [5.41, 5.74) is 1.87. The van der Waals surface area contributed by atoms with E-state index < -0.39 is 23.7 Å². The molecule has 2 unspecified atom stereocenters. The zero-order valence-corrected chi connectivity index (χ0v) is 17.1. The van der Waals surface area contributed by atoms with Crippen LogP contribution in [-0.2, 0) is 9.59 Å². The number of nitrogens with one attached hydrogen (secondary N) is 1. The molecule has 0 saturated carbocycles. The third-order valence-corrected chi connectivity index (χ3v) is 5.29. The Labute approximate surface area is 170 Å². The van der Waals surface area contributed by atoms with E-state index in [1.807, 2.05) is 14.1 Å². The van der Waals surface area contributed by atoms with Crippen LogP contribution in [0.25, 0.3) is 0 Å². The molecule has 7 heteroatoms. The number of methoxy groups -OCH3 is 1. The van der Waals surface area contributed by atoms with E-state index in [0.717, 1.165) is 10.5 Å². The summed E-state index contributed by atoms with van der Waals surface area (Å²) in [6.45, 7) is 2.86. The predicted molar refractivity (Wildman–Crippen MR) is 107 cm³/mol. The van der Waals surface area contributed by atoms with Crippen molar-refractivity contribution in [2.45, 2.75) is 13.0 Å². The normalized spacial score (nSPS) is 19.1. The predicted octanol–water partition coefficient (Wildman–Crippen LogP) is 0.495. The second-order valence-electron chi connectivity index (χ2n) is 7.57. The molecule has 0 spiro atoms. The highest BCUT2D eigenvalue weighted by molar-refractivity contribution is 6.44. The molecule has 152 valence electrons. The average molecular weight is 396 g/mol. The molecule has 2 heterocycles. The van der Waals surface area contributed by atoms with Gasteiger partial charge in [-0.15, -0.1) is 0 Å². The Hall–Kier alpha value is -3.06. The number of quaternary nitrogens is 1. The Balaban J connectivity index is 2.03. The fourth-order valence-corrected chi connectivity index (χ4v) is 3.71. The minimum atomic E-state index is -1.07. The van der Waals surface area contributed by atoms with Crippen molar-refractivity contribution in [3.8, 4) is 5.75 Å². The van der Waals surface area contributed by atoms with E-state index in [9.17, 15) is 14.4 Å². The molecular weight excluding hydrogens is 370 g/mol. The monoisotopic (exact) mass is 396 g/mol. The molecule has 0 aliphatic carbocycles. The van der Waals surface area contributed by atoms with Gasteiger partial charge in [0.05, 0.1) is 40.3 Å². The first kappa shape index (κ1) is 20.7. The highest BCUT2D eigenvalue weighted by Crippen LogP contribution is 2.38. The largest absolute Gasteiger partial charge is 0.497 e. The SMILES string of the molecule is COc1ccc(C(=O)C2C(=O)C(=O)N(CC[NH+](C)C)C2c2ccncc2)c(C)c1. The molecule has 3 rings (SSSR count). The standard InChI is InChI=1S/C22H25N3O4/c1-14-13-16(29-4)5-6-17(14)20(26)18-19(15-7-9-23-10-8-15)25(12-11-24(2)3)22(28)21(18)27/h5-10,13,18-19H,11-12H2,1-4H3/p+1. The van der Waals surface area contributed by atoms with Crippen LogP contribution in [-0.4, -0.2) is 61.7 Å². The van der Waals surface area contributed by atoms with Crippen LogP contribution in [0.5, 0.6) is 5.75 Å². The Kier molecular flexibility index (Phi) is 6.08. The van der Waals surface area contributed by atoms with Gasteiger partial charge in [-0.25, -0.2) is 0 Å². The smallest absolute Gasteiger partial charge is 0.291 e. The maximum Gasteiger partial charge on any atom is 0.291 e. The number of carbonyl (C=O) groups is 3. The number of likely N-dealkylation sites (tertiary alicyclic amines) is 1. The van der Waals surface area contributed by atoms with Gasteiger partial charge in [-0.3, -0.25) is 19.4 Å². The van der Waals surface area contributed by atoms with Crippen molar-refractivity contribution in [2.24, 2.45) is 5.92 Å². The van der Waals surface area contributed by atoms with Gasteiger partial charge in [-0.05, 0) is 48.4 Å². The molecule has 2 atom stereocenters. The molecule has 1 N–H and O–H groups in total. The third-order valence-electron chi connectivity index (χ3n) is 5.29. The Morgan fingerprint density at radius 3 is 2.45 bits per heavy atom. The molecule has 1 fully saturated rings. The highest BCUT2D eigenvalue weighted by Gasteiger charge is 2.51. The quantitative estimate of drug-likeness (QED) is 0.419. The van der Waals surface area contributed by atoms with E-state index >= 15 is 0 Å². The van der Waals surface area contributed by atoms with Crippen LogP contribution in [0.15, 0.2) is 42.7 Å². The molecular formula is C22H26N3O4+. The molecule has 0 bridgehead atoms. The van der Waals surface area contributed by atoms with E-state index in [2.05, 4.69) is 4.98 Å². The zero-order chi connectivity index (χ0) is 21.1. The fourth-order valence-electron chi connectivity index (χ4n) is 3.71. The summed E-state index contributed by atoms with van der Waals surface area (Å²) in [6, 6.07) is 7.98. The van der Waals surface area contributed by atoms with Crippen molar-refractivity contribution in [1.82, 2.24) is 9.88 Å². The van der Waals surface area contributed by atoms with Crippen LogP contribution in [0.1, 0.15) is 27.5 Å². The van der Waals surface area contributed by atoms with Crippen LogP contribution >= 0.6 is 0 Å². The van der Waals surface area contributed by atoms with Gasteiger partial charge in [-0.2, -0.15) is 0 Å². The summed E-state index contributed by atoms with van der Waals surface area (Å²) in [5.74, 6) is -2.04. The number of likely N-dealkylation sites (N-methyl/N-ethyl adjacent to an activating group) is 1. The average Bonchev–Trinajstić information content (AvgIpc) is 2.97. The summed E-state index contributed by atoms with van der Waals surface area (Å²) in [7, 11) is 5.51. The first-order chi connectivity index (χ1) is 13.8. The minimum absolute atomic E-state index is 0.343. The van der Waals surface area contributed by atoms with Gasteiger partial charge in [0.25, 0.3) is 5.91 Å². The number of benzene rings is 1. The number of ketones is 2. The van der Waals surface area contributed by atoms with Crippen molar-refractivity contribution in [1.29, 1.82) is 0 Å². The zero-order valence-electron chi connectivity index (χ0n) is 17.1. The molecule has 1 aliphatic heterocycles. The van der Waals surface area contributed by atoms with Gasteiger partial charge in [0, 0.05) is 18.0 Å². The topological polar surface area (TPSA) is 81.0 Å². The third kappa shape index (κ3) is 4.05. The number of hydrogen-bond donors (Lipinski definition) is 1.